The number of methoxy groups -OCH3 is 2. The number of hydrogen-bond donors (Lipinski definition) is 0. The lowest BCUT2D eigenvalue weighted by Crippen LogP contribution is -2.59. The van der Waals surface area contributed by atoms with Crippen molar-refractivity contribution < 1.29 is 59.7 Å². The summed E-state index contributed by atoms with van der Waals surface area (Å²) in [5.41, 5.74) is -8.29. The van der Waals surface area contributed by atoms with Gasteiger partial charge in [-0.1, -0.05) is 101 Å². The molecule has 0 aromatic heterocycles. The maximum absolute atomic E-state index is 15.0. The average Bonchev–Trinajstić information content (AvgIpc) is 3.79. The van der Waals surface area contributed by atoms with Crippen LogP contribution < -0.4 is 0 Å². The number of allylic oxidation sites excluding steroid dienone is 1. The van der Waals surface area contributed by atoms with Crippen molar-refractivity contribution in [1.82, 2.24) is 0 Å². The molecule has 0 N–H and O–H groups in total. The molecule has 5 saturated carbocycles. The van der Waals surface area contributed by atoms with Crippen LogP contribution in [-0.2, 0) is 44.5 Å². The predicted molar refractivity (Wildman–Crippen MR) is 223 cm³/mol. The van der Waals surface area contributed by atoms with Gasteiger partial charge in [-0.2, -0.15) is 26.3 Å². The van der Waals surface area contributed by atoms with Crippen molar-refractivity contribution in [3.8, 4) is 0 Å². The summed E-state index contributed by atoms with van der Waals surface area (Å²) in [4.78, 5) is 42.0. The Kier molecular flexibility index (Phi) is 11.8. The molecule has 12 atom stereocenters. The van der Waals surface area contributed by atoms with E-state index in [1.165, 1.54) is 48.5 Å². The molecule has 7 rings (SSSR count). The summed E-state index contributed by atoms with van der Waals surface area (Å²) in [6, 6.07) is 13.5. The van der Waals surface area contributed by atoms with E-state index in [0.717, 1.165) is 64.9 Å². The van der Waals surface area contributed by atoms with Crippen LogP contribution >= 0.6 is 0 Å². The van der Waals surface area contributed by atoms with Gasteiger partial charge in [-0.15, -0.1) is 0 Å². The zero-order valence-electron chi connectivity index (χ0n) is 37.8. The van der Waals surface area contributed by atoms with E-state index in [1.54, 1.807) is 19.9 Å². The van der Waals surface area contributed by atoms with Crippen LogP contribution in [-0.4, -0.2) is 56.5 Å². The molecule has 5 aliphatic rings. The summed E-state index contributed by atoms with van der Waals surface area (Å²) in [6.45, 7) is 13.8. The maximum Gasteiger partial charge on any atom is 0.432 e. The van der Waals surface area contributed by atoms with E-state index in [4.69, 9.17) is 18.9 Å². The number of alkyl halides is 6. The van der Waals surface area contributed by atoms with Crippen molar-refractivity contribution >= 4 is 17.7 Å². The molecule has 7 nitrogen and oxygen atoms in total. The topological polar surface area (TPSA) is 88.1 Å². The molecule has 0 heterocycles. The number of carbonyl (C=O) groups excluding carboxylic acids is 3. The fraction of sp³-hybridized carbons (Fsp3) is 0.660. The van der Waals surface area contributed by atoms with E-state index in [-0.39, 0.29) is 45.0 Å². The Hall–Kier alpha value is -3.71. The number of hydrogen-bond acceptors (Lipinski definition) is 7. The van der Waals surface area contributed by atoms with E-state index in [2.05, 4.69) is 13.8 Å². The third-order valence-corrected chi connectivity index (χ3v) is 17.8. The Morgan fingerprint density at radius 1 is 0.667 bits per heavy atom. The minimum absolute atomic E-state index is 0.0367. The molecule has 0 radical (unpaired) electrons. The number of halogens is 6. The van der Waals surface area contributed by atoms with Gasteiger partial charge in [0.1, 0.15) is 6.10 Å². The minimum atomic E-state index is -5.21. The van der Waals surface area contributed by atoms with Crippen molar-refractivity contribution in [1.29, 1.82) is 0 Å². The zero-order chi connectivity index (χ0) is 46.4. The lowest BCUT2D eigenvalue weighted by atomic mass is 9.41. The van der Waals surface area contributed by atoms with Crippen LogP contribution in [0.3, 0.4) is 0 Å². The van der Waals surface area contributed by atoms with Crippen molar-refractivity contribution in [2.45, 2.75) is 142 Å². The third-order valence-electron chi connectivity index (χ3n) is 17.8. The Morgan fingerprint density at radius 3 is 1.68 bits per heavy atom. The lowest BCUT2D eigenvalue weighted by molar-refractivity contribution is -0.282. The second-order valence-electron chi connectivity index (χ2n) is 20.7. The highest BCUT2D eigenvalue weighted by Crippen LogP contribution is 2.89. The van der Waals surface area contributed by atoms with Gasteiger partial charge in [-0.3, -0.25) is 4.79 Å². The number of rotatable bonds is 12. The van der Waals surface area contributed by atoms with Gasteiger partial charge >= 0.3 is 24.3 Å². The molecule has 0 aliphatic heterocycles. The molecule has 5 aliphatic carbocycles. The quantitative estimate of drug-likeness (QED) is 0.119. The molecule has 63 heavy (non-hydrogen) atoms. The number of ether oxygens (including phenoxy) is 4. The van der Waals surface area contributed by atoms with Gasteiger partial charge in [-0.25, -0.2) is 9.59 Å². The van der Waals surface area contributed by atoms with Gasteiger partial charge in [0.25, 0.3) is 11.2 Å². The standard InChI is InChI=1S/C50H62F6O7/c1-30(2)28-35(57)39(63-41(59)48(61-9,50(54,55)56)33-18-14-11-15-19-33)31(3)34-22-24-44(7)37-21-20-36-42(4,5)38(23-25-45(36)29-46(37,45)27-26-43(34,44)6)62-40(58)47(60-8,49(51,52)53)32-16-12-10-13-17-32/h10-19,28,31,34,36-39H,20-27,29H2,1-9H3/t31-,34+,36-,37-,38-,39-,43+,44-,45+,46-,47-,48-/m0/s1. The van der Waals surface area contributed by atoms with E-state index in [9.17, 15) is 27.6 Å². The largest absolute Gasteiger partial charge is 0.459 e. The van der Waals surface area contributed by atoms with Gasteiger partial charge in [-0.05, 0) is 117 Å². The Labute approximate surface area is 367 Å². The van der Waals surface area contributed by atoms with Gasteiger partial charge < -0.3 is 18.9 Å². The summed E-state index contributed by atoms with van der Waals surface area (Å²) in [5.74, 6) is -4.21. The van der Waals surface area contributed by atoms with E-state index >= 15 is 13.2 Å². The van der Waals surface area contributed by atoms with Crippen molar-refractivity contribution in [3.63, 3.8) is 0 Å². The van der Waals surface area contributed by atoms with Crippen LogP contribution in [0.15, 0.2) is 72.3 Å². The van der Waals surface area contributed by atoms with Crippen molar-refractivity contribution in [2.75, 3.05) is 14.2 Å². The predicted octanol–water partition coefficient (Wildman–Crippen LogP) is 11.6. The average molecular weight is 889 g/mol. The second-order valence-corrected chi connectivity index (χ2v) is 20.7. The highest BCUT2D eigenvalue weighted by Gasteiger charge is 2.83. The van der Waals surface area contributed by atoms with E-state index in [1.807, 2.05) is 20.8 Å². The Balaban J connectivity index is 1.15. The van der Waals surface area contributed by atoms with Crippen LogP contribution in [0.25, 0.3) is 0 Å². The van der Waals surface area contributed by atoms with Crippen LogP contribution in [0.4, 0.5) is 26.3 Å². The summed E-state index contributed by atoms with van der Waals surface area (Å²) in [5, 5.41) is 0. The summed E-state index contributed by atoms with van der Waals surface area (Å²) >= 11 is 0. The highest BCUT2D eigenvalue weighted by molar-refractivity contribution is 5.96. The first kappa shape index (κ1) is 47.3. The summed E-state index contributed by atoms with van der Waals surface area (Å²) in [7, 11) is 1.69. The first-order chi connectivity index (χ1) is 29.3. The second kappa shape index (κ2) is 15.7. The van der Waals surface area contributed by atoms with Gasteiger partial charge in [0.05, 0.1) is 0 Å². The molecule has 346 valence electrons. The number of esters is 2. The van der Waals surface area contributed by atoms with Gasteiger partial charge in [0.15, 0.2) is 11.9 Å². The van der Waals surface area contributed by atoms with Gasteiger partial charge in [0.2, 0.25) is 0 Å². The highest BCUT2D eigenvalue weighted by atomic mass is 19.4. The molecule has 0 unspecified atom stereocenters. The molecule has 5 fully saturated rings. The normalized spacial score (nSPS) is 34.8. The fourth-order valence-electron chi connectivity index (χ4n) is 14.6. The van der Waals surface area contributed by atoms with Crippen LogP contribution in [0.5, 0.6) is 0 Å². The number of benzene rings is 2. The first-order valence-electron chi connectivity index (χ1n) is 22.3. The molecular formula is C50H62F6O7. The maximum atomic E-state index is 15.0. The monoisotopic (exact) mass is 888 g/mol. The molecular weight excluding hydrogens is 827 g/mol. The molecule has 0 amide bonds. The van der Waals surface area contributed by atoms with E-state index in [0.29, 0.717) is 24.8 Å². The van der Waals surface area contributed by atoms with Gasteiger partial charge in [0, 0.05) is 36.7 Å². The minimum Gasteiger partial charge on any atom is -0.459 e. The molecule has 0 saturated heterocycles. The SMILES string of the molecule is CO[C@](C(=O)O[C@H](C(=O)C=C(C)C)[C@@H](C)[C@H]1CC[C@@]2(C)[C@@H]3CC[C@H]4C(C)(C)[C@@H](OC(=O)[C@@](OC)(c5ccccc5)C(F)(F)F)CC[C@@]45C[C@@]35CC[C@]12C)(c1ccccc1)C(F)(F)F. The molecule has 2 spiro atoms. The number of ketones is 1. The zero-order valence-corrected chi connectivity index (χ0v) is 37.8. The van der Waals surface area contributed by atoms with E-state index < -0.39 is 70.4 Å². The lowest BCUT2D eigenvalue weighted by Gasteiger charge is -2.63. The number of carbonyl (C=O) groups is 3. The Bertz CT molecular complexity index is 2100. The van der Waals surface area contributed by atoms with Crippen LogP contribution in [0.1, 0.15) is 117 Å². The molecule has 13 heteroatoms. The molecule has 2 aromatic rings. The van der Waals surface area contributed by atoms with Crippen molar-refractivity contribution in [3.05, 3.63) is 83.4 Å². The van der Waals surface area contributed by atoms with Crippen LogP contribution in [0, 0.1) is 50.7 Å². The summed E-state index contributed by atoms with van der Waals surface area (Å²) in [6.07, 6.45) is -4.35. The van der Waals surface area contributed by atoms with Crippen molar-refractivity contribution in [2.24, 2.45) is 50.7 Å². The number of fused-ring (bicyclic) bond motifs is 2. The first-order valence-corrected chi connectivity index (χ1v) is 22.3. The fourth-order valence-corrected chi connectivity index (χ4v) is 14.6. The van der Waals surface area contributed by atoms with Crippen LogP contribution in [0.2, 0.25) is 0 Å². The Morgan fingerprint density at radius 2 is 1.17 bits per heavy atom. The third kappa shape index (κ3) is 6.68. The molecule has 0 bridgehead atoms. The molecule has 2 aromatic carbocycles. The summed E-state index contributed by atoms with van der Waals surface area (Å²) < 4.78 is 112. The smallest absolute Gasteiger partial charge is 0.432 e.